The average Bonchev–Trinajstić information content (AvgIpc) is 2.59. The van der Waals surface area contributed by atoms with Crippen molar-refractivity contribution >= 4 is 0 Å². The van der Waals surface area contributed by atoms with E-state index in [0.717, 1.165) is 0 Å². The molecule has 0 aromatic heterocycles. The van der Waals surface area contributed by atoms with E-state index in [-0.39, 0.29) is 0 Å². The summed E-state index contributed by atoms with van der Waals surface area (Å²) in [5.74, 6) is 1.78. The summed E-state index contributed by atoms with van der Waals surface area (Å²) in [4.78, 5) is 2.25. The quantitative estimate of drug-likeness (QED) is 0.695. The molecule has 0 aromatic rings. The molecule has 2 nitrogen and oxygen atoms in total. The molecule has 0 saturated heterocycles. The van der Waals surface area contributed by atoms with E-state index in [1.807, 2.05) is 0 Å². The van der Waals surface area contributed by atoms with Crippen LogP contribution in [0.5, 0.6) is 0 Å². The molecule has 0 bridgehead atoms. The van der Waals surface area contributed by atoms with Crippen molar-refractivity contribution in [2.45, 2.75) is 41.5 Å². The molecule has 98 valence electrons. The molecular formula is C16H24N2. The third-order valence-electron chi connectivity index (χ3n) is 4.64. The molecule has 1 unspecified atom stereocenters. The van der Waals surface area contributed by atoms with Crippen LogP contribution >= 0.6 is 0 Å². The standard InChI is InChI=1S/C16H24N2/c1-9-8-15(12(4)11(3)10(9)2)16-17-13(5)14(6)18(16)7/h8,10,17H,1-7H3. The number of hydrogen-bond acceptors (Lipinski definition) is 2. The fourth-order valence-electron chi connectivity index (χ4n) is 2.60. The molecule has 0 radical (unpaired) electrons. The fraction of sp³-hybridized carbons (Fsp3) is 0.500. The smallest absolute Gasteiger partial charge is 0.117 e. The second kappa shape index (κ2) is 4.34. The lowest BCUT2D eigenvalue weighted by atomic mass is 9.82. The minimum Gasteiger partial charge on any atom is -0.343 e. The maximum Gasteiger partial charge on any atom is 0.117 e. The summed E-state index contributed by atoms with van der Waals surface area (Å²) >= 11 is 0. The van der Waals surface area contributed by atoms with Crippen molar-refractivity contribution in [2.24, 2.45) is 5.92 Å². The van der Waals surface area contributed by atoms with Crippen LogP contribution < -0.4 is 5.32 Å². The van der Waals surface area contributed by atoms with Crippen LogP contribution in [-0.4, -0.2) is 11.9 Å². The summed E-state index contributed by atoms with van der Waals surface area (Å²) in [5, 5.41) is 3.52. The van der Waals surface area contributed by atoms with Gasteiger partial charge in [0.2, 0.25) is 0 Å². The second-order valence-electron chi connectivity index (χ2n) is 5.57. The number of allylic oxidation sites excluding steroid dienone is 7. The van der Waals surface area contributed by atoms with Crippen LogP contribution in [0.1, 0.15) is 41.5 Å². The molecule has 0 aromatic carbocycles. The summed E-state index contributed by atoms with van der Waals surface area (Å²) in [5.41, 5.74) is 8.21. The van der Waals surface area contributed by atoms with E-state index >= 15 is 0 Å². The molecule has 0 spiro atoms. The highest BCUT2D eigenvalue weighted by Crippen LogP contribution is 2.36. The molecule has 1 aliphatic heterocycles. The van der Waals surface area contributed by atoms with E-state index in [0.29, 0.717) is 5.92 Å². The zero-order chi connectivity index (χ0) is 13.6. The van der Waals surface area contributed by atoms with Gasteiger partial charge in [0.1, 0.15) is 5.82 Å². The van der Waals surface area contributed by atoms with Crippen LogP contribution in [0.2, 0.25) is 0 Å². The van der Waals surface area contributed by atoms with Gasteiger partial charge in [-0.25, -0.2) is 0 Å². The largest absolute Gasteiger partial charge is 0.343 e. The Balaban J connectivity index is 2.53. The number of rotatable bonds is 0. The van der Waals surface area contributed by atoms with Crippen molar-refractivity contribution < 1.29 is 0 Å². The van der Waals surface area contributed by atoms with Crippen molar-refractivity contribution in [1.82, 2.24) is 10.2 Å². The van der Waals surface area contributed by atoms with Crippen molar-refractivity contribution in [3.8, 4) is 0 Å². The Hall–Kier alpha value is -1.44. The SMILES string of the molecule is CC1=CC(=C2NC(C)=C(C)N2C)C(C)=C(C)C1C. The molecule has 1 atom stereocenters. The molecule has 2 heteroatoms. The number of hydrogen-bond donors (Lipinski definition) is 1. The van der Waals surface area contributed by atoms with Crippen molar-refractivity contribution in [2.75, 3.05) is 7.05 Å². The maximum absolute atomic E-state index is 3.52. The first-order chi connectivity index (χ1) is 8.34. The third-order valence-corrected chi connectivity index (χ3v) is 4.64. The lowest BCUT2D eigenvalue weighted by Gasteiger charge is -2.27. The van der Waals surface area contributed by atoms with Gasteiger partial charge in [0, 0.05) is 24.0 Å². The van der Waals surface area contributed by atoms with E-state index in [1.165, 1.54) is 39.5 Å². The van der Waals surface area contributed by atoms with E-state index < -0.39 is 0 Å². The Labute approximate surface area is 111 Å². The van der Waals surface area contributed by atoms with E-state index in [2.05, 4.69) is 64.9 Å². The summed E-state index contributed by atoms with van der Waals surface area (Å²) in [7, 11) is 2.13. The Morgan fingerprint density at radius 1 is 1.11 bits per heavy atom. The molecule has 2 aliphatic rings. The van der Waals surface area contributed by atoms with E-state index in [9.17, 15) is 0 Å². The first-order valence-corrected chi connectivity index (χ1v) is 6.63. The van der Waals surface area contributed by atoms with E-state index in [1.54, 1.807) is 0 Å². The van der Waals surface area contributed by atoms with Crippen LogP contribution in [0.3, 0.4) is 0 Å². The van der Waals surface area contributed by atoms with Gasteiger partial charge in [-0.2, -0.15) is 0 Å². The van der Waals surface area contributed by atoms with Crippen LogP contribution in [-0.2, 0) is 0 Å². The first-order valence-electron chi connectivity index (χ1n) is 6.63. The van der Waals surface area contributed by atoms with Crippen LogP contribution in [0.4, 0.5) is 0 Å². The Morgan fingerprint density at radius 2 is 1.72 bits per heavy atom. The van der Waals surface area contributed by atoms with Gasteiger partial charge in [-0.3, -0.25) is 0 Å². The normalized spacial score (nSPS) is 28.9. The lowest BCUT2D eigenvalue weighted by Crippen LogP contribution is -2.21. The zero-order valence-electron chi connectivity index (χ0n) is 12.6. The van der Waals surface area contributed by atoms with Crippen LogP contribution in [0.15, 0.2) is 45.6 Å². The zero-order valence-corrected chi connectivity index (χ0v) is 12.6. The number of nitrogens with one attached hydrogen (secondary N) is 1. The maximum atomic E-state index is 3.52. The van der Waals surface area contributed by atoms with Crippen molar-refractivity contribution in [1.29, 1.82) is 0 Å². The van der Waals surface area contributed by atoms with E-state index in [4.69, 9.17) is 0 Å². The molecule has 18 heavy (non-hydrogen) atoms. The van der Waals surface area contributed by atoms with Gasteiger partial charge < -0.3 is 10.2 Å². The third kappa shape index (κ3) is 1.80. The van der Waals surface area contributed by atoms with Crippen LogP contribution in [0, 0.1) is 5.92 Å². The Morgan fingerprint density at radius 3 is 2.22 bits per heavy atom. The average molecular weight is 244 g/mol. The predicted octanol–water partition coefficient (Wildman–Crippen LogP) is 3.92. The Bertz CT molecular complexity index is 515. The monoisotopic (exact) mass is 244 g/mol. The number of nitrogens with zero attached hydrogens (tertiary/aromatic N) is 1. The van der Waals surface area contributed by atoms with Gasteiger partial charge in [0.25, 0.3) is 0 Å². The molecule has 1 heterocycles. The minimum atomic E-state index is 0.566. The Kier molecular flexibility index (Phi) is 3.14. The fourth-order valence-corrected chi connectivity index (χ4v) is 2.60. The highest BCUT2D eigenvalue weighted by molar-refractivity contribution is 5.52. The van der Waals surface area contributed by atoms with Crippen molar-refractivity contribution in [3.05, 3.63) is 45.6 Å². The van der Waals surface area contributed by atoms with Crippen LogP contribution in [0.25, 0.3) is 0 Å². The molecule has 0 saturated carbocycles. The highest BCUT2D eigenvalue weighted by Gasteiger charge is 2.25. The lowest BCUT2D eigenvalue weighted by molar-refractivity contribution is 0.523. The minimum absolute atomic E-state index is 0.566. The summed E-state index contributed by atoms with van der Waals surface area (Å²) in [6.45, 7) is 13.3. The first kappa shape index (κ1) is 13.0. The molecule has 0 amide bonds. The molecule has 1 N–H and O–H groups in total. The summed E-state index contributed by atoms with van der Waals surface area (Å²) in [6, 6.07) is 0. The molecule has 0 fully saturated rings. The van der Waals surface area contributed by atoms with Gasteiger partial charge in [-0.15, -0.1) is 0 Å². The summed E-state index contributed by atoms with van der Waals surface area (Å²) in [6.07, 6.45) is 2.33. The molecule has 1 aliphatic carbocycles. The topological polar surface area (TPSA) is 15.3 Å². The van der Waals surface area contributed by atoms with Gasteiger partial charge in [0.05, 0.1) is 0 Å². The van der Waals surface area contributed by atoms with Crippen molar-refractivity contribution in [3.63, 3.8) is 0 Å². The predicted molar refractivity (Wildman–Crippen MR) is 77.6 cm³/mol. The molecular weight excluding hydrogens is 220 g/mol. The summed E-state index contributed by atoms with van der Waals surface area (Å²) < 4.78 is 0. The second-order valence-corrected chi connectivity index (χ2v) is 5.57. The van der Waals surface area contributed by atoms with Gasteiger partial charge >= 0.3 is 0 Å². The highest BCUT2D eigenvalue weighted by atomic mass is 15.3. The van der Waals surface area contributed by atoms with Gasteiger partial charge in [-0.05, 0) is 46.1 Å². The van der Waals surface area contributed by atoms with Gasteiger partial charge in [-0.1, -0.05) is 24.1 Å². The van der Waals surface area contributed by atoms with Gasteiger partial charge in [0.15, 0.2) is 0 Å². The molecule has 2 rings (SSSR count).